The van der Waals surface area contributed by atoms with Gasteiger partial charge >= 0.3 is 0 Å². The summed E-state index contributed by atoms with van der Waals surface area (Å²) in [7, 11) is 0. The molecule has 0 aliphatic carbocycles. The topological polar surface area (TPSA) is 66.9 Å². The Bertz CT molecular complexity index is 838. The molecule has 0 aromatic heterocycles. The normalized spacial score (nSPS) is 19.2. The van der Waals surface area contributed by atoms with Gasteiger partial charge in [-0.3, -0.25) is 14.4 Å². The highest BCUT2D eigenvalue weighted by Gasteiger charge is 2.43. The minimum absolute atomic E-state index is 0.0189. The summed E-state index contributed by atoms with van der Waals surface area (Å²) in [6.45, 7) is 1.04. The van der Waals surface area contributed by atoms with Crippen LogP contribution in [0.3, 0.4) is 0 Å². The van der Waals surface area contributed by atoms with Crippen LogP contribution in [0.2, 0.25) is 0 Å². The van der Waals surface area contributed by atoms with E-state index in [9.17, 15) is 18.3 Å². The van der Waals surface area contributed by atoms with E-state index in [4.69, 9.17) is 4.74 Å². The fourth-order valence-electron chi connectivity index (χ4n) is 3.14. The van der Waals surface area contributed by atoms with Crippen LogP contribution in [-0.4, -0.2) is 51.5 Å². The number of amides is 3. The summed E-state index contributed by atoms with van der Waals surface area (Å²) in [4.78, 5) is 38.2. The van der Waals surface area contributed by atoms with Crippen LogP contribution in [0, 0.1) is 11.8 Å². The van der Waals surface area contributed by atoms with Gasteiger partial charge in [0, 0.05) is 29.4 Å². The van der Waals surface area contributed by atoms with Crippen molar-refractivity contribution in [3.05, 3.63) is 34.9 Å². The molecule has 1 aromatic rings. The van der Waals surface area contributed by atoms with Gasteiger partial charge in [0.2, 0.25) is 5.91 Å². The largest absolute Gasteiger partial charge is 0.368 e. The number of carbonyl (C=O) groups excluding carboxylic acids is 3. The molecule has 0 spiro atoms. The molecule has 0 saturated carbocycles. The van der Waals surface area contributed by atoms with Crippen molar-refractivity contribution in [1.29, 1.82) is 0 Å². The fourth-order valence-corrected chi connectivity index (χ4v) is 3.72. The Hall–Kier alpha value is -1.89. The number of nitrogens with zero attached hydrogens (tertiary/aromatic N) is 2. The second-order valence-electron chi connectivity index (χ2n) is 5.96. The van der Waals surface area contributed by atoms with E-state index in [2.05, 4.69) is 27.8 Å². The lowest BCUT2D eigenvalue weighted by molar-refractivity contribution is -0.145. The zero-order valence-corrected chi connectivity index (χ0v) is 16.6. The third kappa shape index (κ3) is 4.03. The van der Waals surface area contributed by atoms with E-state index >= 15 is 0 Å². The maximum Gasteiger partial charge on any atom is 0.264 e. The molecule has 2 heterocycles. The average molecular weight is 455 g/mol. The van der Waals surface area contributed by atoms with Crippen molar-refractivity contribution in [3.63, 3.8) is 0 Å². The lowest BCUT2D eigenvalue weighted by Gasteiger charge is -2.32. The van der Waals surface area contributed by atoms with Gasteiger partial charge < -0.3 is 9.64 Å². The van der Waals surface area contributed by atoms with Crippen LogP contribution >= 0.6 is 28.3 Å². The lowest BCUT2D eigenvalue weighted by atomic mass is 10.0. The van der Waals surface area contributed by atoms with E-state index in [-0.39, 0.29) is 31.9 Å². The highest BCUT2D eigenvalue weighted by atomic mass is 79.9. The number of benzene rings is 1. The van der Waals surface area contributed by atoms with Gasteiger partial charge in [0.05, 0.1) is 6.61 Å². The monoisotopic (exact) mass is 454 g/mol. The van der Waals surface area contributed by atoms with Crippen molar-refractivity contribution in [2.45, 2.75) is 25.4 Å². The molecule has 1 atom stereocenters. The molecule has 1 unspecified atom stereocenters. The molecule has 0 bridgehead atoms. The number of hydrogen-bond donors (Lipinski definition) is 0. The standard InChI is InChI=1S/C18H16BrFN2O4S/c19-8-10-26-9-2-4-12-3-1-5-13-14(12)11-21(17(13)24)15-6-7-16(23)22(27-20)18(15)25/h1,3,5,15H,6-11H2. The molecule has 27 heavy (non-hydrogen) atoms. The first-order valence-corrected chi connectivity index (χ1v) is 10.1. The molecule has 3 amide bonds. The molecule has 2 aliphatic rings. The SMILES string of the molecule is O=C1CCC(N2Cc3c(C#CCOCCBr)cccc3C2=O)C(=O)N1SF. The number of rotatable bonds is 5. The summed E-state index contributed by atoms with van der Waals surface area (Å²) in [5.41, 5.74) is 1.91. The van der Waals surface area contributed by atoms with Crippen LogP contribution in [0.1, 0.15) is 34.3 Å². The molecule has 1 saturated heterocycles. The van der Waals surface area contributed by atoms with Crippen molar-refractivity contribution in [2.24, 2.45) is 0 Å². The van der Waals surface area contributed by atoms with E-state index in [0.29, 0.717) is 22.0 Å². The minimum Gasteiger partial charge on any atom is -0.368 e. The summed E-state index contributed by atoms with van der Waals surface area (Å²) in [6, 6.07) is 4.38. The predicted molar refractivity (Wildman–Crippen MR) is 101 cm³/mol. The Labute approximate surface area is 169 Å². The van der Waals surface area contributed by atoms with Gasteiger partial charge in [-0.25, -0.2) is 0 Å². The first-order chi connectivity index (χ1) is 13.1. The summed E-state index contributed by atoms with van der Waals surface area (Å²) >= 11 is 2.85. The fraction of sp³-hybridized carbons (Fsp3) is 0.389. The van der Waals surface area contributed by atoms with Crippen LogP contribution in [0.25, 0.3) is 0 Å². The molecule has 1 fully saturated rings. The number of ether oxygens (including phenoxy) is 1. The smallest absolute Gasteiger partial charge is 0.264 e. The van der Waals surface area contributed by atoms with E-state index in [1.807, 2.05) is 6.07 Å². The van der Waals surface area contributed by atoms with Crippen LogP contribution in [0.5, 0.6) is 0 Å². The molecular weight excluding hydrogens is 439 g/mol. The second kappa shape index (κ2) is 8.87. The van der Waals surface area contributed by atoms with Gasteiger partial charge in [-0.15, -0.1) is 3.89 Å². The van der Waals surface area contributed by atoms with Crippen LogP contribution in [0.4, 0.5) is 3.89 Å². The molecular formula is C18H16BrFN2O4S. The number of imide groups is 1. The van der Waals surface area contributed by atoms with Crippen LogP contribution in [-0.2, 0) is 20.9 Å². The number of hydrogen-bond acceptors (Lipinski definition) is 5. The molecule has 2 aliphatic heterocycles. The van der Waals surface area contributed by atoms with Crippen molar-refractivity contribution < 1.29 is 23.0 Å². The quantitative estimate of drug-likeness (QED) is 0.225. The Morgan fingerprint density at radius 3 is 2.89 bits per heavy atom. The van der Waals surface area contributed by atoms with Crippen molar-refractivity contribution in [2.75, 3.05) is 18.5 Å². The van der Waals surface area contributed by atoms with E-state index in [1.54, 1.807) is 12.1 Å². The van der Waals surface area contributed by atoms with E-state index < -0.39 is 30.2 Å². The van der Waals surface area contributed by atoms with Gasteiger partial charge in [-0.1, -0.05) is 33.8 Å². The second-order valence-corrected chi connectivity index (χ2v) is 7.25. The van der Waals surface area contributed by atoms with E-state index in [1.165, 1.54) is 4.90 Å². The third-order valence-electron chi connectivity index (χ3n) is 4.40. The number of alkyl halides is 1. The molecule has 9 heteroatoms. The zero-order valence-electron chi connectivity index (χ0n) is 14.2. The molecule has 1 aromatic carbocycles. The van der Waals surface area contributed by atoms with Gasteiger partial charge in [0.15, 0.2) is 12.3 Å². The molecule has 0 N–H and O–H groups in total. The highest BCUT2D eigenvalue weighted by molar-refractivity contribution is 9.09. The predicted octanol–water partition coefficient (Wildman–Crippen LogP) is 2.46. The van der Waals surface area contributed by atoms with Gasteiger partial charge in [-0.05, 0) is 24.1 Å². The number of piperidine rings is 1. The Kier molecular flexibility index (Phi) is 6.52. The van der Waals surface area contributed by atoms with Crippen LogP contribution < -0.4 is 0 Å². The Morgan fingerprint density at radius 1 is 1.33 bits per heavy atom. The third-order valence-corrected chi connectivity index (χ3v) is 5.25. The van der Waals surface area contributed by atoms with Crippen molar-refractivity contribution in [1.82, 2.24) is 9.21 Å². The first kappa shape index (κ1) is 19.9. The van der Waals surface area contributed by atoms with Gasteiger partial charge in [-0.2, -0.15) is 4.31 Å². The Morgan fingerprint density at radius 2 is 2.15 bits per heavy atom. The summed E-state index contributed by atoms with van der Waals surface area (Å²) in [5, 5.41) is 0.727. The first-order valence-electron chi connectivity index (χ1n) is 8.29. The summed E-state index contributed by atoms with van der Waals surface area (Å²) in [6.07, 6.45) is 0.209. The van der Waals surface area contributed by atoms with Crippen LogP contribution in [0.15, 0.2) is 18.2 Å². The molecule has 3 rings (SSSR count). The highest BCUT2D eigenvalue weighted by Crippen LogP contribution is 2.32. The summed E-state index contributed by atoms with van der Waals surface area (Å²) in [5.74, 6) is 4.33. The number of halogens is 2. The molecule has 142 valence electrons. The van der Waals surface area contributed by atoms with Crippen molar-refractivity contribution in [3.8, 4) is 11.8 Å². The summed E-state index contributed by atoms with van der Waals surface area (Å²) < 4.78 is 18.7. The number of fused-ring (bicyclic) bond motifs is 1. The van der Waals surface area contributed by atoms with Crippen molar-refractivity contribution >= 4 is 46.0 Å². The Balaban J connectivity index is 1.80. The van der Waals surface area contributed by atoms with Gasteiger partial charge in [0.1, 0.15) is 12.6 Å². The zero-order chi connectivity index (χ0) is 19.4. The molecule has 6 nitrogen and oxygen atoms in total. The maximum atomic E-state index is 13.0. The lowest BCUT2D eigenvalue weighted by Crippen LogP contribution is -2.51. The maximum absolute atomic E-state index is 13.0. The van der Waals surface area contributed by atoms with E-state index in [0.717, 1.165) is 10.9 Å². The average Bonchev–Trinajstić information content (AvgIpc) is 3.00. The van der Waals surface area contributed by atoms with Gasteiger partial charge in [0.25, 0.3) is 11.8 Å². The molecule has 0 radical (unpaired) electrons. The number of carbonyl (C=O) groups is 3. The minimum atomic E-state index is -0.853.